The summed E-state index contributed by atoms with van der Waals surface area (Å²) in [6, 6.07) is 14.3. The van der Waals surface area contributed by atoms with Gasteiger partial charge in [-0.05, 0) is 44.0 Å². The molecular weight excluding hydrogens is 338 g/mol. The van der Waals surface area contributed by atoms with Gasteiger partial charge >= 0.3 is 0 Å². The summed E-state index contributed by atoms with van der Waals surface area (Å²) in [5.41, 5.74) is 9.80. The summed E-state index contributed by atoms with van der Waals surface area (Å²) in [5.74, 6) is 0.295. The summed E-state index contributed by atoms with van der Waals surface area (Å²) >= 11 is 0. The van der Waals surface area contributed by atoms with Gasteiger partial charge in [0.1, 0.15) is 6.04 Å². The molecule has 142 valence electrons. The minimum absolute atomic E-state index is 0.0291. The number of benzene rings is 1. The Balaban J connectivity index is 1.50. The number of amides is 1. The van der Waals surface area contributed by atoms with Crippen molar-refractivity contribution in [2.24, 2.45) is 5.92 Å². The second-order valence-corrected chi connectivity index (χ2v) is 7.53. The van der Waals surface area contributed by atoms with E-state index in [-0.39, 0.29) is 23.9 Å². The molecule has 0 spiro atoms. The largest absolute Gasteiger partial charge is 0.346 e. The van der Waals surface area contributed by atoms with Crippen molar-refractivity contribution in [3.63, 3.8) is 0 Å². The summed E-state index contributed by atoms with van der Waals surface area (Å²) in [5, 5.41) is 6.64. The van der Waals surface area contributed by atoms with E-state index in [0.717, 1.165) is 31.6 Å². The standard InChI is InChI=1S/C21H27N5O/c1-14-5-7-15(8-6-14)12-19(18-4-2-3-10-23-18)24-21(27)20-16-13-22-11-9-17(16)25-26-20/h2-8,10,16-17,19-20,22,25-26H,9,11-13H2,1H3,(H,24,27). The number of pyridine rings is 1. The van der Waals surface area contributed by atoms with Gasteiger partial charge in [0.25, 0.3) is 0 Å². The molecule has 1 aromatic heterocycles. The molecular formula is C21H27N5O. The van der Waals surface area contributed by atoms with Crippen LogP contribution < -0.4 is 21.5 Å². The Morgan fingerprint density at radius 3 is 2.85 bits per heavy atom. The zero-order chi connectivity index (χ0) is 18.6. The zero-order valence-electron chi connectivity index (χ0n) is 15.6. The first kappa shape index (κ1) is 18.1. The van der Waals surface area contributed by atoms with Crippen molar-refractivity contribution in [3.8, 4) is 0 Å². The predicted molar refractivity (Wildman–Crippen MR) is 105 cm³/mol. The molecule has 3 heterocycles. The predicted octanol–water partition coefficient (Wildman–Crippen LogP) is 1.24. The second kappa shape index (κ2) is 8.17. The van der Waals surface area contributed by atoms with Crippen LogP contribution >= 0.6 is 0 Å². The fourth-order valence-electron chi connectivity index (χ4n) is 4.01. The number of nitrogens with one attached hydrogen (secondary N) is 4. The molecule has 4 rings (SSSR count). The lowest BCUT2D eigenvalue weighted by Crippen LogP contribution is -2.50. The van der Waals surface area contributed by atoms with Crippen LogP contribution in [0.3, 0.4) is 0 Å². The van der Waals surface area contributed by atoms with E-state index in [9.17, 15) is 4.79 Å². The summed E-state index contributed by atoms with van der Waals surface area (Å²) < 4.78 is 0. The number of nitrogens with zero attached hydrogens (tertiary/aromatic N) is 1. The maximum absolute atomic E-state index is 13.1. The number of carbonyl (C=O) groups is 1. The molecule has 0 aliphatic carbocycles. The molecule has 0 bridgehead atoms. The highest BCUT2D eigenvalue weighted by Gasteiger charge is 2.41. The highest BCUT2D eigenvalue weighted by atomic mass is 16.2. The molecule has 4 atom stereocenters. The van der Waals surface area contributed by atoms with Crippen molar-refractivity contribution in [3.05, 3.63) is 65.5 Å². The Morgan fingerprint density at radius 1 is 1.22 bits per heavy atom. The van der Waals surface area contributed by atoms with Crippen LogP contribution in [0, 0.1) is 12.8 Å². The van der Waals surface area contributed by atoms with Crippen LogP contribution in [0.1, 0.15) is 29.3 Å². The lowest BCUT2D eigenvalue weighted by atomic mass is 9.89. The van der Waals surface area contributed by atoms with Crippen molar-refractivity contribution in [1.82, 2.24) is 26.5 Å². The van der Waals surface area contributed by atoms with Crippen molar-refractivity contribution in [1.29, 1.82) is 0 Å². The smallest absolute Gasteiger partial charge is 0.239 e. The minimum Gasteiger partial charge on any atom is -0.346 e. The third kappa shape index (κ3) is 4.18. The van der Waals surface area contributed by atoms with E-state index in [0.29, 0.717) is 6.04 Å². The Labute approximate surface area is 160 Å². The first-order valence-electron chi connectivity index (χ1n) is 9.69. The van der Waals surface area contributed by atoms with Gasteiger partial charge in [-0.25, -0.2) is 5.43 Å². The van der Waals surface area contributed by atoms with Gasteiger partial charge in [0.2, 0.25) is 5.91 Å². The van der Waals surface area contributed by atoms with E-state index in [2.05, 4.69) is 57.7 Å². The fourth-order valence-corrected chi connectivity index (χ4v) is 4.01. The monoisotopic (exact) mass is 365 g/mol. The van der Waals surface area contributed by atoms with Gasteiger partial charge in [-0.3, -0.25) is 15.2 Å². The Hall–Kier alpha value is -2.28. The van der Waals surface area contributed by atoms with Crippen LogP contribution in [0.15, 0.2) is 48.7 Å². The first-order chi connectivity index (χ1) is 13.2. The van der Waals surface area contributed by atoms with Crippen molar-refractivity contribution < 1.29 is 4.79 Å². The summed E-state index contributed by atoms with van der Waals surface area (Å²) in [6.45, 7) is 3.93. The number of piperidine rings is 1. The molecule has 4 N–H and O–H groups in total. The number of carbonyl (C=O) groups excluding carboxylic acids is 1. The third-order valence-corrected chi connectivity index (χ3v) is 5.59. The Kier molecular flexibility index (Phi) is 5.48. The number of fused-ring (bicyclic) bond motifs is 1. The average Bonchev–Trinajstić information content (AvgIpc) is 3.14. The summed E-state index contributed by atoms with van der Waals surface area (Å²) in [7, 11) is 0. The fraction of sp³-hybridized carbons (Fsp3) is 0.429. The lowest BCUT2D eigenvalue weighted by molar-refractivity contribution is -0.124. The van der Waals surface area contributed by atoms with Crippen LogP contribution in [-0.4, -0.2) is 36.1 Å². The number of aryl methyl sites for hydroxylation is 1. The Bertz CT molecular complexity index is 764. The molecule has 1 amide bonds. The number of hydrogen-bond donors (Lipinski definition) is 4. The van der Waals surface area contributed by atoms with Crippen molar-refractivity contribution >= 4 is 5.91 Å². The number of rotatable bonds is 5. The maximum atomic E-state index is 13.1. The topological polar surface area (TPSA) is 78.1 Å². The molecule has 2 aromatic rings. The SMILES string of the molecule is Cc1ccc(CC(NC(=O)C2NNC3CCNCC32)c2ccccn2)cc1. The zero-order valence-corrected chi connectivity index (χ0v) is 15.6. The number of aromatic nitrogens is 1. The highest BCUT2D eigenvalue weighted by Crippen LogP contribution is 2.22. The first-order valence-corrected chi connectivity index (χ1v) is 9.69. The molecule has 4 unspecified atom stereocenters. The molecule has 27 heavy (non-hydrogen) atoms. The van der Waals surface area contributed by atoms with Gasteiger partial charge < -0.3 is 10.6 Å². The quantitative estimate of drug-likeness (QED) is 0.641. The average molecular weight is 365 g/mol. The molecule has 2 fully saturated rings. The summed E-state index contributed by atoms with van der Waals surface area (Å²) in [6.07, 6.45) is 3.53. The van der Waals surface area contributed by atoms with Crippen LogP contribution in [0.4, 0.5) is 0 Å². The van der Waals surface area contributed by atoms with Gasteiger partial charge in [-0.15, -0.1) is 0 Å². The molecule has 0 saturated carbocycles. The van der Waals surface area contributed by atoms with Crippen LogP contribution in [-0.2, 0) is 11.2 Å². The van der Waals surface area contributed by atoms with E-state index in [4.69, 9.17) is 0 Å². The van der Waals surface area contributed by atoms with Crippen LogP contribution in [0.5, 0.6) is 0 Å². The molecule has 1 aromatic carbocycles. The molecule has 0 radical (unpaired) electrons. The van der Waals surface area contributed by atoms with Gasteiger partial charge in [0.05, 0.1) is 11.7 Å². The van der Waals surface area contributed by atoms with E-state index in [1.54, 1.807) is 6.20 Å². The Morgan fingerprint density at radius 2 is 2.07 bits per heavy atom. The normalized spacial score (nSPS) is 25.6. The van der Waals surface area contributed by atoms with Gasteiger partial charge in [-0.1, -0.05) is 35.9 Å². The molecule has 2 aliphatic heterocycles. The number of hydrogen-bond acceptors (Lipinski definition) is 5. The third-order valence-electron chi connectivity index (χ3n) is 5.59. The van der Waals surface area contributed by atoms with Crippen molar-refractivity contribution in [2.75, 3.05) is 13.1 Å². The number of hydrazine groups is 1. The second-order valence-electron chi connectivity index (χ2n) is 7.53. The molecule has 6 heteroatoms. The van der Waals surface area contributed by atoms with Gasteiger partial charge in [0, 0.05) is 24.7 Å². The van der Waals surface area contributed by atoms with Gasteiger partial charge in [0.15, 0.2) is 0 Å². The molecule has 6 nitrogen and oxygen atoms in total. The van der Waals surface area contributed by atoms with E-state index in [1.807, 2.05) is 18.2 Å². The van der Waals surface area contributed by atoms with Crippen LogP contribution in [0.2, 0.25) is 0 Å². The summed E-state index contributed by atoms with van der Waals surface area (Å²) in [4.78, 5) is 17.5. The maximum Gasteiger partial charge on any atom is 0.239 e. The lowest BCUT2D eigenvalue weighted by Gasteiger charge is -2.28. The highest BCUT2D eigenvalue weighted by molar-refractivity contribution is 5.83. The van der Waals surface area contributed by atoms with E-state index < -0.39 is 0 Å². The van der Waals surface area contributed by atoms with Crippen molar-refractivity contribution in [2.45, 2.75) is 37.9 Å². The molecule has 2 aliphatic rings. The van der Waals surface area contributed by atoms with E-state index >= 15 is 0 Å². The minimum atomic E-state index is -0.230. The van der Waals surface area contributed by atoms with Gasteiger partial charge in [-0.2, -0.15) is 0 Å². The molecule has 2 saturated heterocycles. The van der Waals surface area contributed by atoms with E-state index in [1.165, 1.54) is 11.1 Å². The van der Waals surface area contributed by atoms with Crippen LogP contribution in [0.25, 0.3) is 0 Å².